The lowest BCUT2D eigenvalue weighted by atomic mass is 9.97. The van der Waals surface area contributed by atoms with Gasteiger partial charge in [0.25, 0.3) is 0 Å². The normalized spacial score (nSPS) is 25.2. The van der Waals surface area contributed by atoms with Gasteiger partial charge in [0.1, 0.15) is 0 Å². The molecular formula is C9H15N5O. The fraction of sp³-hybridized carbons (Fsp3) is 0.889. The van der Waals surface area contributed by atoms with E-state index in [1.165, 1.54) is 12.8 Å². The highest BCUT2D eigenvalue weighted by atomic mass is 16.3. The van der Waals surface area contributed by atoms with E-state index in [0.29, 0.717) is 19.1 Å². The molecule has 2 aliphatic rings. The maximum atomic E-state index is 9.60. The minimum atomic E-state index is -0.516. The zero-order valence-electron chi connectivity index (χ0n) is 8.80. The number of tetrazole rings is 1. The molecule has 0 amide bonds. The van der Waals surface area contributed by atoms with Crippen LogP contribution in [0.4, 0.5) is 0 Å². The van der Waals surface area contributed by atoms with E-state index < -0.39 is 5.60 Å². The van der Waals surface area contributed by atoms with Gasteiger partial charge in [0.15, 0.2) is 5.82 Å². The Balaban J connectivity index is 1.65. The number of hydrogen-bond acceptors (Lipinski definition) is 5. The largest absolute Gasteiger partial charge is 0.388 e. The molecule has 2 fully saturated rings. The third-order valence-electron chi connectivity index (χ3n) is 2.95. The first-order valence-electron chi connectivity index (χ1n) is 5.35. The topological polar surface area (TPSA) is 67.1 Å². The maximum absolute atomic E-state index is 9.60. The van der Waals surface area contributed by atoms with Gasteiger partial charge in [-0.2, -0.15) is 0 Å². The highest BCUT2D eigenvalue weighted by Gasteiger charge is 2.37. The number of β-amino-alcohol motifs (C(OH)–C–C–N with tert-alkyl or cyclic N) is 1. The summed E-state index contributed by atoms with van der Waals surface area (Å²) in [6.07, 6.45) is 2.38. The van der Waals surface area contributed by atoms with Crippen molar-refractivity contribution in [3.8, 4) is 0 Å². The first-order chi connectivity index (χ1) is 7.14. The molecular weight excluding hydrogens is 194 g/mol. The number of aromatic nitrogens is 4. The quantitative estimate of drug-likeness (QED) is 0.732. The van der Waals surface area contributed by atoms with Gasteiger partial charge < -0.3 is 5.11 Å². The molecule has 82 valence electrons. The average molecular weight is 209 g/mol. The van der Waals surface area contributed by atoms with Gasteiger partial charge in [-0.3, -0.25) is 4.90 Å². The van der Waals surface area contributed by atoms with Crippen molar-refractivity contribution >= 4 is 0 Å². The van der Waals surface area contributed by atoms with Gasteiger partial charge in [-0.25, -0.2) is 4.68 Å². The van der Waals surface area contributed by atoms with Crippen molar-refractivity contribution in [2.24, 2.45) is 0 Å². The molecule has 0 bridgehead atoms. The Hall–Kier alpha value is -1.01. The molecule has 1 saturated heterocycles. The second kappa shape index (κ2) is 2.99. The summed E-state index contributed by atoms with van der Waals surface area (Å²) >= 11 is 0. The Morgan fingerprint density at radius 2 is 2.20 bits per heavy atom. The van der Waals surface area contributed by atoms with Crippen LogP contribution < -0.4 is 0 Å². The summed E-state index contributed by atoms with van der Waals surface area (Å²) in [5.74, 6) is 0.924. The van der Waals surface area contributed by atoms with Gasteiger partial charge in [0.2, 0.25) is 0 Å². The van der Waals surface area contributed by atoms with Gasteiger partial charge in [0, 0.05) is 13.1 Å². The third-order valence-corrected chi connectivity index (χ3v) is 2.95. The van der Waals surface area contributed by atoms with Crippen molar-refractivity contribution in [2.75, 3.05) is 13.1 Å². The van der Waals surface area contributed by atoms with Crippen LogP contribution in [0, 0.1) is 0 Å². The molecule has 6 nitrogen and oxygen atoms in total. The fourth-order valence-electron chi connectivity index (χ4n) is 2.15. The third kappa shape index (κ3) is 1.74. The minimum absolute atomic E-state index is 0.516. The van der Waals surface area contributed by atoms with E-state index in [1.54, 1.807) is 0 Å². The van der Waals surface area contributed by atoms with Crippen molar-refractivity contribution in [1.29, 1.82) is 0 Å². The Morgan fingerprint density at radius 3 is 2.80 bits per heavy atom. The van der Waals surface area contributed by atoms with E-state index in [0.717, 1.165) is 12.4 Å². The van der Waals surface area contributed by atoms with Crippen LogP contribution in [0.3, 0.4) is 0 Å². The summed E-state index contributed by atoms with van der Waals surface area (Å²) in [5, 5.41) is 21.3. The molecule has 3 rings (SSSR count). The zero-order valence-corrected chi connectivity index (χ0v) is 8.80. The van der Waals surface area contributed by atoms with Crippen LogP contribution in [0.2, 0.25) is 0 Å². The van der Waals surface area contributed by atoms with Gasteiger partial charge in [-0.05, 0) is 30.2 Å². The molecule has 0 unspecified atom stereocenters. The van der Waals surface area contributed by atoms with E-state index in [4.69, 9.17) is 0 Å². The van der Waals surface area contributed by atoms with Crippen LogP contribution in [0.5, 0.6) is 0 Å². The van der Waals surface area contributed by atoms with E-state index in [-0.39, 0.29) is 0 Å². The number of rotatable bonds is 3. The van der Waals surface area contributed by atoms with Crippen molar-refractivity contribution in [1.82, 2.24) is 25.1 Å². The highest BCUT2D eigenvalue weighted by molar-refractivity contribution is 4.96. The maximum Gasteiger partial charge on any atom is 0.165 e. The zero-order chi connectivity index (χ0) is 10.5. The van der Waals surface area contributed by atoms with E-state index >= 15 is 0 Å². The average Bonchev–Trinajstić information content (AvgIpc) is 2.85. The summed E-state index contributed by atoms with van der Waals surface area (Å²) in [7, 11) is 0. The predicted octanol–water partition coefficient (Wildman–Crippen LogP) is -0.425. The molecule has 6 heteroatoms. The van der Waals surface area contributed by atoms with E-state index in [2.05, 4.69) is 20.4 Å². The first kappa shape index (κ1) is 9.23. The lowest BCUT2D eigenvalue weighted by molar-refractivity contribution is -0.0884. The molecule has 1 aliphatic heterocycles. The van der Waals surface area contributed by atoms with Crippen LogP contribution in [0.1, 0.15) is 31.6 Å². The Morgan fingerprint density at radius 1 is 1.47 bits per heavy atom. The molecule has 1 saturated carbocycles. The summed E-state index contributed by atoms with van der Waals surface area (Å²) < 4.78 is 1.92. The number of likely N-dealkylation sites (tertiary alicyclic amines) is 1. The molecule has 1 aromatic rings. The fourth-order valence-corrected chi connectivity index (χ4v) is 2.15. The van der Waals surface area contributed by atoms with Crippen molar-refractivity contribution in [2.45, 2.75) is 38.0 Å². The van der Waals surface area contributed by atoms with Crippen LogP contribution in [-0.2, 0) is 6.54 Å². The lowest BCUT2D eigenvalue weighted by Crippen LogP contribution is -2.59. The van der Waals surface area contributed by atoms with E-state index in [1.807, 2.05) is 11.6 Å². The Kier molecular flexibility index (Phi) is 1.84. The molecule has 0 spiro atoms. The smallest absolute Gasteiger partial charge is 0.165 e. The summed E-state index contributed by atoms with van der Waals surface area (Å²) in [5.41, 5.74) is -0.516. The lowest BCUT2D eigenvalue weighted by Gasteiger charge is -2.43. The standard InChI is InChI=1S/C9H15N5O/c1-9(15)5-13(6-9)4-8-10-11-12-14(8)7-2-3-7/h7,15H,2-6H2,1H3. The molecule has 0 atom stereocenters. The molecule has 0 aromatic carbocycles. The van der Waals surface area contributed by atoms with Crippen LogP contribution in [-0.4, -0.2) is 48.9 Å². The summed E-state index contributed by atoms with van der Waals surface area (Å²) in [6, 6.07) is 0.525. The summed E-state index contributed by atoms with van der Waals surface area (Å²) in [6.45, 7) is 4.03. The Labute approximate surface area is 87.9 Å². The molecule has 1 aliphatic carbocycles. The Bertz CT molecular complexity index is 362. The summed E-state index contributed by atoms with van der Waals surface area (Å²) in [4.78, 5) is 2.16. The first-order valence-corrected chi connectivity index (χ1v) is 5.35. The minimum Gasteiger partial charge on any atom is -0.388 e. The van der Waals surface area contributed by atoms with Crippen LogP contribution in [0.25, 0.3) is 0 Å². The van der Waals surface area contributed by atoms with Crippen molar-refractivity contribution in [3.63, 3.8) is 0 Å². The van der Waals surface area contributed by atoms with Gasteiger partial charge in [-0.1, -0.05) is 0 Å². The van der Waals surface area contributed by atoms with E-state index in [9.17, 15) is 5.11 Å². The second-order valence-electron chi connectivity index (χ2n) is 4.91. The molecule has 15 heavy (non-hydrogen) atoms. The van der Waals surface area contributed by atoms with Gasteiger partial charge in [0.05, 0.1) is 18.2 Å². The van der Waals surface area contributed by atoms with Crippen LogP contribution in [0.15, 0.2) is 0 Å². The number of hydrogen-bond donors (Lipinski definition) is 1. The monoisotopic (exact) mass is 209 g/mol. The number of aliphatic hydroxyl groups is 1. The van der Waals surface area contributed by atoms with Gasteiger partial charge in [-0.15, -0.1) is 5.10 Å². The van der Waals surface area contributed by atoms with Gasteiger partial charge >= 0.3 is 0 Å². The molecule has 2 heterocycles. The second-order valence-corrected chi connectivity index (χ2v) is 4.91. The molecule has 1 aromatic heterocycles. The highest BCUT2D eigenvalue weighted by Crippen LogP contribution is 2.34. The SMILES string of the molecule is CC1(O)CN(Cc2nnnn2C2CC2)C1. The van der Waals surface area contributed by atoms with Crippen LogP contribution >= 0.6 is 0 Å². The van der Waals surface area contributed by atoms with Crippen molar-refractivity contribution < 1.29 is 5.11 Å². The predicted molar refractivity (Wildman–Crippen MR) is 52.0 cm³/mol. The van der Waals surface area contributed by atoms with Crippen molar-refractivity contribution in [3.05, 3.63) is 5.82 Å². The molecule has 1 N–H and O–H groups in total. The number of nitrogens with zero attached hydrogens (tertiary/aromatic N) is 5. The molecule has 0 radical (unpaired) electrons.